The van der Waals surface area contributed by atoms with Crippen molar-refractivity contribution in [3.8, 4) is 0 Å². The average molecular weight is 248 g/mol. The van der Waals surface area contributed by atoms with E-state index in [1.54, 1.807) is 0 Å². The van der Waals surface area contributed by atoms with Crippen molar-refractivity contribution in [2.45, 2.75) is 39.2 Å². The van der Waals surface area contributed by atoms with Gasteiger partial charge in [0.05, 0.1) is 0 Å². The van der Waals surface area contributed by atoms with Crippen LogP contribution in [0.25, 0.3) is 0 Å². The smallest absolute Gasteiger partial charge is 0.0332 e. The molecule has 1 rings (SSSR count). The van der Waals surface area contributed by atoms with Crippen molar-refractivity contribution in [3.05, 3.63) is 35.4 Å². The number of hydrogen-bond donors (Lipinski definition) is 1. The Morgan fingerprint density at radius 3 is 2.61 bits per heavy atom. The molecule has 0 aliphatic carbocycles. The van der Waals surface area contributed by atoms with E-state index in [2.05, 4.69) is 62.4 Å². The van der Waals surface area contributed by atoms with Crippen molar-refractivity contribution in [1.82, 2.24) is 10.2 Å². The molecule has 0 aliphatic heterocycles. The fraction of sp³-hybridized carbons (Fsp3) is 0.625. The van der Waals surface area contributed by atoms with Gasteiger partial charge >= 0.3 is 0 Å². The lowest BCUT2D eigenvalue weighted by Crippen LogP contribution is -2.26. The summed E-state index contributed by atoms with van der Waals surface area (Å²) in [4.78, 5) is 2.25. The first kappa shape index (κ1) is 15.2. The van der Waals surface area contributed by atoms with Crippen LogP contribution in [0.3, 0.4) is 0 Å². The van der Waals surface area contributed by atoms with Crippen LogP contribution in [0.5, 0.6) is 0 Å². The third-order valence-electron chi connectivity index (χ3n) is 3.27. The largest absolute Gasteiger partial charge is 0.310 e. The predicted octanol–water partition coefficient (Wildman–Crippen LogP) is 3.24. The molecule has 0 amide bonds. The van der Waals surface area contributed by atoms with Crippen LogP contribution in [-0.2, 0) is 6.42 Å². The molecule has 1 aromatic rings. The molecule has 0 saturated carbocycles. The van der Waals surface area contributed by atoms with E-state index in [4.69, 9.17) is 0 Å². The third kappa shape index (κ3) is 5.19. The molecule has 0 saturated heterocycles. The minimum atomic E-state index is 0.485. The lowest BCUT2D eigenvalue weighted by molar-refractivity contribution is 0.361. The number of aryl methyl sites for hydroxylation is 1. The van der Waals surface area contributed by atoms with Crippen molar-refractivity contribution in [1.29, 1.82) is 0 Å². The van der Waals surface area contributed by atoms with Gasteiger partial charge in [-0.05, 0) is 57.6 Å². The minimum absolute atomic E-state index is 0.485. The third-order valence-corrected chi connectivity index (χ3v) is 3.27. The lowest BCUT2D eigenvalue weighted by atomic mass is 10.00. The maximum Gasteiger partial charge on any atom is 0.0332 e. The molecular formula is C16H28N2. The fourth-order valence-electron chi connectivity index (χ4n) is 2.12. The molecule has 0 heterocycles. The second-order valence-electron chi connectivity index (χ2n) is 5.20. The van der Waals surface area contributed by atoms with Gasteiger partial charge in [-0.2, -0.15) is 0 Å². The molecule has 0 bridgehead atoms. The Morgan fingerprint density at radius 2 is 2.00 bits per heavy atom. The number of hydrogen-bond acceptors (Lipinski definition) is 2. The van der Waals surface area contributed by atoms with Crippen LogP contribution in [0.4, 0.5) is 0 Å². The monoisotopic (exact) mass is 248 g/mol. The molecule has 0 aliphatic rings. The van der Waals surface area contributed by atoms with Gasteiger partial charge in [0.25, 0.3) is 0 Å². The highest BCUT2D eigenvalue weighted by atomic mass is 15.1. The van der Waals surface area contributed by atoms with Crippen molar-refractivity contribution in [3.63, 3.8) is 0 Å². The quantitative estimate of drug-likeness (QED) is 0.760. The van der Waals surface area contributed by atoms with E-state index in [0.717, 1.165) is 19.5 Å². The molecule has 18 heavy (non-hydrogen) atoms. The number of rotatable bonds is 8. The second-order valence-corrected chi connectivity index (χ2v) is 5.20. The normalized spacial score (nSPS) is 12.9. The maximum atomic E-state index is 3.67. The first-order chi connectivity index (χ1) is 8.67. The van der Waals surface area contributed by atoms with Crippen molar-refractivity contribution in [2.24, 2.45) is 0 Å². The zero-order valence-corrected chi connectivity index (χ0v) is 12.4. The molecule has 1 N–H and O–H groups in total. The SMILES string of the molecule is CCCNC(CCN(C)C)c1cccc(CC)c1. The summed E-state index contributed by atoms with van der Waals surface area (Å²) in [6.45, 7) is 6.65. The second kappa shape index (κ2) is 8.28. The van der Waals surface area contributed by atoms with Gasteiger partial charge < -0.3 is 10.2 Å². The van der Waals surface area contributed by atoms with E-state index in [0.29, 0.717) is 6.04 Å². The fourth-order valence-corrected chi connectivity index (χ4v) is 2.12. The summed E-state index contributed by atoms with van der Waals surface area (Å²) >= 11 is 0. The summed E-state index contributed by atoms with van der Waals surface area (Å²) in [5.74, 6) is 0. The molecule has 1 atom stereocenters. The Kier molecular flexibility index (Phi) is 6.99. The topological polar surface area (TPSA) is 15.3 Å². The van der Waals surface area contributed by atoms with Crippen molar-refractivity contribution in [2.75, 3.05) is 27.2 Å². The number of nitrogens with zero attached hydrogens (tertiary/aromatic N) is 1. The summed E-state index contributed by atoms with van der Waals surface area (Å²) in [5, 5.41) is 3.67. The summed E-state index contributed by atoms with van der Waals surface area (Å²) in [6, 6.07) is 9.49. The van der Waals surface area contributed by atoms with Crippen LogP contribution in [0, 0.1) is 0 Å². The van der Waals surface area contributed by atoms with Gasteiger partial charge in [0.1, 0.15) is 0 Å². The van der Waals surface area contributed by atoms with Crippen molar-refractivity contribution >= 4 is 0 Å². The molecule has 0 spiro atoms. The van der Waals surface area contributed by atoms with Gasteiger partial charge in [-0.25, -0.2) is 0 Å². The van der Waals surface area contributed by atoms with Gasteiger partial charge in [-0.15, -0.1) is 0 Å². The first-order valence-corrected chi connectivity index (χ1v) is 7.14. The van der Waals surface area contributed by atoms with Crippen LogP contribution in [0.2, 0.25) is 0 Å². The summed E-state index contributed by atoms with van der Waals surface area (Å²) in [6.07, 6.45) is 3.47. The lowest BCUT2D eigenvalue weighted by Gasteiger charge is -2.21. The average Bonchev–Trinajstić information content (AvgIpc) is 2.38. The van der Waals surface area contributed by atoms with Gasteiger partial charge in [-0.3, -0.25) is 0 Å². The van der Waals surface area contributed by atoms with Gasteiger partial charge in [-0.1, -0.05) is 38.1 Å². The molecule has 2 nitrogen and oxygen atoms in total. The van der Waals surface area contributed by atoms with E-state index in [9.17, 15) is 0 Å². The van der Waals surface area contributed by atoms with E-state index in [1.165, 1.54) is 24.0 Å². The standard InChI is InChI=1S/C16H28N2/c1-5-11-17-16(10-12-18(3)4)15-9-7-8-14(6-2)13-15/h7-9,13,16-17H,5-6,10-12H2,1-4H3. The Hall–Kier alpha value is -0.860. The van der Waals surface area contributed by atoms with Crippen molar-refractivity contribution < 1.29 is 0 Å². The summed E-state index contributed by atoms with van der Waals surface area (Å²) < 4.78 is 0. The van der Waals surface area contributed by atoms with Crippen LogP contribution in [-0.4, -0.2) is 32.1 Å². The molecule has 102 valence electrons. The molecule has 0 radical (unpaired) electrons. The molecule has 2 heteroatoms. The van der Waals surface area contributed by atoms with E-state index in [-0.39, 0.29) is 0 Å². The molecule has 1 aromatic carbocycles. The zero-order valence-electron chi connectivity index (χ0n) is 12.4. The molecular weight excluding hydrogens is 220 g/mol. The maximum absolute atomic E-state index is 3.67. The predicted molar refractivity (Wildman–Crippen MR) is 80.0 cm³/mol. The Labute approximate surface area is 112 Å². The Morgan fingerprint density at radius 1 is 1.22 bits per heavy atom. The summed E-state index contributed by atoms with van der Waals surface area (Å²) in [5.41, 5.74) is 2.87. The Bertz CT molecular complexity index is 334. The van der Waals surface area contributed by atoms with Gasteiger partial charge in [0, 0.05) is 6.04 Å². The highest BCUT2D eigenvalue weighted by Crippen LogP contribution is 2.18. The van der Waals surface area contributed by atoms with Gasteiger partial charge in [0.2, 0.25) is 0 Å². The number of nitrogens with one attached hydrogen (secondary N) is 1. The van der Waals surface area contributed by atoms with E-state index >= 15 is 0 Å². The van der Waals surface area contributed by atoms with Crippen LogP contribution < -0.4 is 5.32 Å². The van der Waals surface area contributed by atoms with Crippen LogP contribution >= 0.6 is 0 Å². The van der Waals surface area contributed by atoms with E-state index < -0.39 is 0 Å². The highest BCUT2D eigenvalue weighted by Gasteiger charge is 2.11. The summed E-state index contributed by atoms with van der Waals surface area (Å²) in [7, 11) is 4.28. The molecule has 0 fully saturated rings. The molecule has 1 unspecified atom stereocenters. The van der Waals surface area contributed by atoms with E-state index in [1.807, 2.05) is 0 Å². The number of benzene rings is 1. The highest BCUT2D eigenvalue weighted by molar-refractivity contribution is 5.26. The molecule has 0 aromatic heterocycles. The Balaban J connectivity index is 2.72. The van der Waals surface area contributed by atoms with Crippen LogP contribution in [0.15, 0.2) is 24.3 Å². The van der Waals surface area contributed by atoms with Gasteiger partial charge in [0.15, 0.2) is 0 Å². The first-order valence-electron chi connectivity index (χ1n) is 7.14. The zero-order chi connectivity index (χ0) is 13.4. The van der Waals surface area contributed by atoms with Crippen LogP contribution in [0.1, 0.15) is 43.9 Å². The minimum Gasteiger partial charge on any atom is -0.310 e.